The molecule has 0 aliphatic heterocycles. The van der Waals surface area contributed by atoms with E-state index in [1.165, 1.54) is 18.4 Å². The molecule has 0 saturated heterocycles. The first-order chi connectivity index (χ1) is 11.2. The van der Waals surface area contributed by atoms with Gasteiger partial charge in [-0.25, -0.2) is 4.98 Å². The number of anilines is 1. The maximum Gasteiger partial charge on any atom is 0.225 e. The fraction of sp³-hybridized carbons (Fsp3) is 0.368. The Bertz CT molecular complexity index is 634. The number of amides is 1. The molecule has 1 N–H and O–H groups in total. The highest BCUT2D eigenvalue weighted by Gasteiger charge is 2.24. The highest BCUT2D eigenvalue weighted by Crippen LogP contribution is 2.36. The van der Waals surface area contributed by atoms with Crippen LogP contribution in [0.2, 0.25) is 5.02 Å². The normalized spacial score (nSPS) is 20.9. The van der Waals surface area contributed by atoms with Crippen molar-refractivity contribution in [1.29, 1.82) is 0 Å². The average Bonchev–Trinajstić information content (AvgIpc) is 2.58. The zero-order valence-electron chi connectivity index (χ0n) is 13.0. The molecule has 3 rings (SSSR count). The zero-order valence-corrected chi connectivity index (χ0v) is 13.8. The third-order valence-corrected chi connectivity index (χ3v) is 4.81. The van der Waals surface area contributed by atoms with E-state index in [1.807, 2.05) is 0 Å². The van der Waals surface area contributed by atoms with Crippen molar-refractivity contribution in [3.8, 4) is 0 Å². The molecule has 1 fully saturated rings. The number of halogens is 1. The van der Waals surface area contributed by atoms with Crippen molar-refractivity contribution in [2.75, 3.05) is 5.32 Å². The fourth-order valence-corrected chi connectivity index (χ4v) is 3.44. The molecule has 0 atom stereocenters. The smallest absolute Gasteiger partial charge is 0.225 e. The number of rotatable bonds is 4. The lowest BCUT2D eigenvalue weighted by Crippen LogP contribution is -2.20. The van der Waals surface area contributed by atoms with Crippen LogP contribution in [0.4, 0.5) is 5.82 Å². The molecule has 0 bridgehead atoms. The van der Waals surface area contributed by atoms with Gasteiger partial charge >= 0.3 is 0 Å². The van der Waals surface area contributed by atoms with Gasteiger partial charge in [-0.15, -0.1) is 0 Å². The summed E-state index contributed by atoms with van der Waals surface area (Å²) in [5, 5.41) is 3.42. The minimum absolute atomic E-state index is 0.0444. The topological polar surface area (TPSA) is 42.0 Å². The molecule has 1 aromatic carbocycles. The maximum absolute atomic E-state index is 12.1. The van der Waals surface area contributed by atoms with Gasteiger partial charge in [0.2, 0.25) is 5.91 Å². The van der Waals surface area contributed by atoms with Crippen LogP contribution in [0.15, 0.2) is 48.7 Å². The number of carbonyl (C=O) groups is 1. The van der Waals surface area contributed by atoms with Crippen molar-refractivity contribution in [2.45, 2.75) is 38.0 Å². The Morgan fingerprint density at radius 3 is 2.48 bits per heavy atom. The second-order valence-corrected chi connectivity index (χ2v) is 6.68. The fourth-order valence-electron chi connectivity index (χ4n) is 3.33. The van der Waals surface area contributed by atoms with E-state index in [0.29, 0.717) is 29.1 Å². The Hall–Kier alpha value is -1.87. The Labute approximate surface area is 142 Å². The summed E-state index contributed by atoms with van der Waals surface area (Å²) in [6.07, 6.45) is 6.68. The predicted octanol–water partition coefficient (Wildman–Crippen LogP) is 5.04. The molecule has 1 heterocycles. The third-order valence-electron chi connectivity index (χ3n) is 4.59. The van der Waals surface area contributed by atoms with E-state index in [4.69, 9.17) is 11.6 Å². The average molecular weight is 329 g/mol. The van der Waals surface area contributed by atoms with Crippen LogP contribution in [0, 0.1) is 5.92 Å². The van der Waals surface area contributed by atoms with Gasteiger partial charge in [0.1, 0.15) is 5.82 Å². The third kappa shape index (κ3) is 4.55. The number of benzene rings is 1. The summed E-state index contributed by atoms with van der Waals surface area (Å²) in [5.74, 6) is 1.73. The molecule has 4 heteroatoms. The highest BCUT2D eigenvalue weighted by molar-refractivity contribution is 6.30. The molecule has 0 spiro atoms. The minimum atomic E-state index is 0.0444. The molecule has 0 radical (unpaired) electrons. The number of nitrogens with one attached hydrogen (secondary N) is 1. The number of hydrogen-bond donors (Lipinski definition) is 1. The molecule has 2 aromatic rings. The van der Waals surface area contributed by atoms with Gasteiger partial charge in [0, 0.05) is 12.6 Å². The first-order valence-corrected chi connectivity index (χ1v) is 8.55. The summed E-state index contributed by atoms with van der Waals surface area (Å²) >= 11 is 5.79. The highest BCUT2D eigenvalue weighted by atomic mass is 35.5. The van der Waals surface area contributed by atoms with Crippen molar-refractivity contribution in [1.82, 2.24) is 4.98 Å². The number of aromatic nitrogens is 1. The number of nitrogens with zero attached hydrogens (tertiary/aromatic N) is 1. The first-order valence-electron chi connectivity index (χ1n) is 8.17. The van der Waals surface area contributed by atoms with Crippen molar-refractivity contribution >= 4 is 23.3 Å². The lowest BCUT2D eigenvalue weighted by atomic mass is 9.77. The SMILES string of the molecule is O=C(CC1CCC(c2ccccc2)CC1)Nc1ccc(Cl)cn1. The summed E-state index contributed by atoms with van der Waals surface area (Å²) in [6.45, 7) is 0. The molecular weight excluding hydrogens is 308 g/mol. The number of pyridine rings is 1. The van der Waals surface area contributed by atoms with Gasteiger partial charge in [0.05, 0.1) is 5.02 Å². The Balaban J connectivity index is 1.47. The van der Waals surface area contributed by atoms with Gasteiger partial charge in [-0.1, -0.05) is 41.9 Å². The van der Waals surface area contributed by atoms with Crippen molar-refractivity contribution < 1.29 is 4.79 Å². The van der Waals surface area contributed by atoms with E-state index in [0.717, 1.165) is 12.8 Å². The molecule has 23 heavy (non-hydrogen) atoms. The molecular formula is C19H21ClN2O. The van der Waals surface area contributed by atoms with Crippen LogP contribution in [0.3, 0.4) is 0 Å². The second-order valence-electron chi connectivity index (χ2n) is 6.24. The lowest BCUT2D eigenvalue weighted by molar-refractivity contribution is -0.117. The molecule has 1 saturated carbocycles. The number of hydrogen-bond acceptors (Lipinski definition) is 2. The van der Waals surface area contributed by atoms with E-state index < -0.39 is 0 Å². The van der Waals surface area contributed by atoms with Crippen molar-refractivity contribution in [3.05, 3.63) is 59.2 Å². The summed E-state index contributed by atoms with van der Waals surface area (Å²) in [6, 6.07) is 14.2. The summed E-state index contributed by atoms with van der Waals surface area (Å²) < 4.78 is 0. The monoisotopic (exact) mass is 328 g/mol. The first kappa shape index (κ1) is 16.0. The van der Waals surface area contributed by atoms with Crippen LogP contribution in [0.5, 0.6) is 0 Å². The molecule has 1 amide bonds. The molecule has 1 aliphatic rings. The van der Waals surface area contributed by atoms with E-state index in [2.05, 4.69) is 40.6 Å². The Kier molecular flexibility index (Phi) is 5.29. The Morgan fingerprint density at radius 2 is 1.83 bits per heavy atom. The van der Waals surface area contributed by atoms with E-state index in [1.54, 1.807) is 18.3 Å². The van der Waals surface area contributed by atoms with Gasteiger partial charge in [-0.3, -0.25) is 4.79 Å². The van der Waals surface area contributed by atoms with Gasteiger partial charge < -0.3 is 5.32 Å². The van der Waals surface area contributed by atoms with Crippen LogP contribution in [0.1, 0.15) is 43.6 Å². The molecule has 1 aliphatic carbocycles. The molecule has 120 valence electrons. The van der Waals surface area contributed by atoms with Crippen LogP contribution in [0.25, 0.3) is 0 Å². The van der Waals surface area contributed by atoms with Crippen LogP contribution < -0.4 is 5.32 Å². The van der Waals surface area contributed by atoms with Crippen molar-refractivity contribution in [2.24, 2.45) is 5.92 Å². The largest absolute Gasteiger partial charge is 0.311 e. The van der Waals surface area contributed by atoms with Gasteiger partial charge in [-0.05, 0) is 55.2 Å². The van der Waals surface area contributed by atoms with Gasteiger partial charge in [0.25, 0.3) is 0 Å². The quantitative estimate of drug-likeness (QED) is 0.854. The van der Waals surface area contributed by atoms with Crippen LogP contribution in [-0.2, 0) is 4.79 Å². The van der Waals surface area contributed by atoms with E-state index in [-0.39, 0.29) is 5.91 Å². The summed E-state index contributed by atoms with van der Waals surface area (Å²) in [4.78, 5) is 16.2. The second kappa shape index (κ2) is 7.60. The zero-order chi connectivity index (χ0) is 16.1. The van der Waals surface area contributed by atoms with Gasteiger partial charge in [0.15, 0.2) is 0 Å². The lowest BCUT2D eigenvalue weighted by Gasteiger charge is -2.28. The van der Waals surface area contributed by atoms with Crippen LogP contribution >= 0.6 is 11.6 Å². The van der Waals surface area contributed by atoms with Gasteiger partial charge in [-0.2, -0.15) is 0 Å². The summed E-state index contributed by atoms with van der Waals surface area (Å²) in [7, 11) is 0. The maximum atomic E-state index is 12.1. The summed E-state index contributed by atoms with van der Waals surface area (Å²) in [5.41, 5.74) is 1.43. The number of carbonyl (C=O) groups excluding carboxylic acids is 1. The Morgan fingerprint density at radius 1 is 1.09 bits per heavy atom. The molecule has 0 unspecified atom stereocenters. The molecule has 1 aromatic heterocycles. The minimum Gasteiger partial charge on any atom is -0.311 e. The predicted molar refractivity (Wildman–Crippen MR) is 93.6 cm³/mol. The van der Waals surface area contributed by atoms with Crippen molar-refractivity contribution in [3.63, 3.8) is 0 Å². The van der Waals surface area contributed by atoms with E-state index in [9.17, 15) is 4.79 Å². The standard InChI is InChI=1S/C19H21ClN2O/c20-17-10-11-18(21-13-17)22-19(23)12-14-6-8-16(9-7-14)15-4-2-1-3-5-15/h1-5,10-11,13-14,16H,6-9,12H2,(H,21,22,23). The van der Waals surface area contributed by atoms with E-state index >= 15 is 0 Å². The molecule has 3 nitrogen and oxygen atoms in total. The van der Waals surface area contributed by atoms with Crippen LogP contribution in [-0.4, -0.2) is 10.9 Å².